The van der Waals surface area contributed by atoms with Crippen LogP contribution in [0.4, 0.5) is 5.69 Å². The highest BCUT2D eigenvalue weighted by Crippen LogP contribution is 2.36. The smallest absolute Gasteiger partial charge is 0.234 e. The molecule has 2 N–H and O–H groups in total. The molecule has 30 heavy (non-hydrogen) atoms. The number of carbonyl (C=O) groups is 2. The summed E-state index contributed by atoms with van der Waals surface area (Å²) in [6.07, 6.45) is 0.196. The zero-order valence-corrected chi connectivity index (χ0v) is 18.7. The van der Waals surface area contributed by atoms with E-state index in [1.807, 2.05) is 31.2 Å². The van der Waals surface area contributed by atoms with Gasteiger partial charge in [-0.3, -0.25) is 9.59 Å². The second-order valence-electron chi connectivity index (χ2n) is 6.51. The number of rotatable bonds is 7. The van der Waals surface area contributed by atoms with Crippen LogP contribution in [0.2, 0.25) is 0 Å². The largest absolute Gasteiger partial charge is 0.494 e. The van der Waals surface area contributed by atoms with Crippen LogP contribution in [0.25, 0.3) is 0 Å². The first kappa shape index (κ1) is 21.9. The maximum absolute atomic E-state index is 12.4. The number of nitrogens with zero attached hydrogens (tertiary/aromatic N) is 1. The monoisotopic (exact) mass is 485 g/mol. The van der Waals surface area contributed by atoms with Crippen molar-refractivity contribution in [2.75, 3.05) is 17.7 Å². The predicted octanol–water partition coefficient (Wildman–Crippen LogP) is 4.56. The van der Waals surface area contributed by atoms with Gasteiger partial charge in [0.2, 0.25) is 11.8 Å². The van der Waals surface area contributed by atoms with Crippen molar-refractivity contribution in [1.29, 1.82) is 5.26 Å². The SMILES string of the molecule is CCOc1ccc(NC(=O)CSC2=C(C#N)[C@H](c3cccc(Br)c3)CC(=O)N2)cc1. The number of hydrogen-bond donors (Lipinski definition) is 2. The van der Waals surface area contributed by atoms with Gasteiger partial charge in [-0.2, -0.15) is 5.26 Å². The van der Waals surface area contributed by atoms with Crippen molar-refractivity contribution >= 4 is 45.2 Å². The van der Waals surface area contributed by atoms with Crippen molar-refractivity contribution in [3.05, 3.63) is 69.2 Å². The van der Waals surface area contributed by atoms with E-state index in [1.54, 1.807) is 24.3 Å². The Morgan fingerprint density at radius 1 is 1.33 bits per heavy atom. The van der Waals surface area contributed by atoms with Crippen molar-refractivity contribution in [3.8, 4) is 11.8 Å². The number of anilines is 1. The number of carbonyl (C=O) groups excluding carboxylic acids is 2. The zero-order valence-electron chi connectivity index (χ0n) is 16.3. The van der Waals surface area contributed by atoms with Crippen LogP contribution in [-0.2, 0) is 9.59 Å². The number of benzene rings is 2. The summed E-state index contributed by atoms with van der Waals surface area (Å²) in [4.78, 5) is 24.6. The third-order valence-electron chi connectivity index (χ3n) is 4.40. The standard InChI is InChI=1S/C22H20BrN3O3S/c1-2-29-17-8-6-16(7-9-17)25-21(28)13-30-22-19(12-24)18(11-20(27)26-22)14-4-3-5-15(23)10-14/h3-10,18H,2,11,13H2,1H3,(H,25,28)(H,26,27)/t18-/m0/s1. The fourth-order valence-electron chi connectivity index (χ4n) is 3.08. The molecule has 1 heterocycles. The predicted molar refractivity (Wildman–Crippen MR) is 121 cm³/mol. The van der Waals surface area contributed by atoms with E-state index in [1.165, 1.54) is 0 Å². The molecule has 0 saturated carbocycles. The van der Waals surface area contributed by atoms with Gasteiger partial charge < -0.3 is 15.4 Å². The van der Waals surface area contributed by atoms with E-state index in [2.05, 4.69) is 32.6 Å². The van der Waals surface area contributed by atoms with Crippen LogP contribution < -0.4 is 15.4 Å². The lowest BCUT2D eigenvalue weighted by Gasteiger charge is -2.25. The van der Waals surface area contributed by atoms with Gasteiger partial charge in [0.25, 0.3) is 0 Å². The topological polar surface area (TPSA) is 91.2 Å². The lowest BCUT2D eigenvalue weighted by atomic mass is 9.87. The first-order valence-electron chi connectivity index (χ1n) is 9.35. The maximum Gasteiger partial charge on any atom is 0.234 e. The molecular formula is C22H20BrN3O3S. The average molecular weight is 486 g/mol. The second kappa shape index (κ2) is 10.3. The molecule has 0 unspecified atom stereocenters. The van der Waals surface area contributed by atoms with Crippen molar-refractivity contribution in [2.24, 2.45) is 0 Å². The van der Waals surface area contributed by atoms with Crippen molar-refractivity contribution in [3.63, 3.8) is 0 Å². The summed E-state index contributed by atoms with van der Waals surface area (Å²) in [5, 5.41) is 15.7. The van der Waals surface area contributed by atoms with Crippen LogP contribution in [0.3, 0.4) is 0 Å². The van der Waals surface area contributed by atoms with E-state index in [0.29, 0.717) is 22.9 Å². The van der Waals surface area contributed by atoms with Gasteiger partial charge in [-0.05, 0) is 48.9 Å². The molecule has 0 aliphatic carbocycles. The molecule has 0 radical (unpaired) electrons. The van der Waals surface area contributed by atoms with Crippen molar-refractivity contribution < 1.29 is 14.3 Å². The van der Waals surface area contributed by atoms with Crippen LogP contribution in [0, 0.1) is 11.3 Å². The molecule has 0 aromatic heterocycles. The van der Waals surface area contributed by atoms with Gasteiger partial charge in [0.15, 0.2) is 0 Å². The summed E-state index contributed by atoms with van der Waals surface area (Å²) in [5.41, 5.74) is 2.00. The van der Waals surface area contributed by atoms with E-state index in [0.717, 1.165) is 27.5 Å². The van der Waals surface area contributed by atoms with Crippen LogP contribution in [-0.4, -0.2) is 24.2 Å². The van der Waals surface area contributed by atoms with Crippen LogP contribution in [0.15, 0.2) is 63.6 Å². The van der Waals surface area contributed by atoms with Crippen LogP contribution >= 0.6 is 27.7 Å². The van der Waals surface area contributed by atoms with Crippen LogP contribution in [0.1, 0.15) is 24.8 Å². The second-order valence-corrected chi connectivity index (χ2v) is 8.41. The highest BCUT2D eigenvalue weighted by molar-refractivity contribution is 9.10. The van der Waals surface area contributed by atoms with Gasteiger partial charge in [0, 0.05) is 22.5 Å². The summed E-state index contributed by atoms with van der Waals surface area (Å²) in [6.45, 7) is 2.48. The average Bonchev–Trinajstić information content (AvgIpc) is 2.73. The Balaban J connectivity index is 1.69. The number of ether oxygens (including phenoxy) is 1. The van der Waals surface area contributed by atoms with Gasteiger partial charge >= 0.3 is 0 Å². The molecule has 2 aromatic rings. The number of amides is 2. The Kier molecular flexibility index (Phi) is 7.55. The van der Waals surface area contributed by atoms with E-state index < -0.39 is 0 Å². The molecule has 2 aromatic carbocycles. The van der Waals surface area contributed by atoms with E-state index in [-0.39, 0.29) is 29.9 Å². The minimum Gasteiger partial charge on any atom is -0.494 e. The summed E-state index contributed by atoms with van der Waals surface area (Å²) in [6, 6.07) is 16.9. The molecule has 0 bridgehead atoms. The highest BCUT2D eigenvalue weighted by Gasteiger charge is 2.30. The molecule has 1 aliphatic rings. The minimum atomic E-state index is -0.335. The van der Waals surface area contributed by atoms with Gasteiger partial charge in [0.1, 0.15) is 5.75 Å². The number of allylic oxidation sites excluding steroid dienone is 1. The van der Waals surface area contributed by atoms with Gasteiger partial charge in [-0.25, -0.2) is 0 Å². The molecule has 2 amide bonds. The van der Waals surface area contributed by atoms with Crippen LogP contribution in [0.5, 0.6) is 5.75 Å². The molecule has 154 valence electrons. The Labute approximate surface area is 187 Å². The fraction of sp³-hybridized carbons (Fsp3) is 0.227. The minimum absolute atomic E-state index is 0.0687. The Bertz CT molecular complexity index is 1020. The van der Waals surface area contributed by atoms with Gasteiger partial charge in [0.05, 0.1) is 29.0 Å². The normalized spacial score (nSPS) is 15.9. The quantitative estimate of drug-likeness (QED) is 0.599. The summed E-state index contributed by atoms with van der Waals surface area (Å²) in [5.74, 6) is 0.0652. The Morgan fingerprint density at radius 3 is 2.77 bits per heavy atom. The number of nitrogens with one attached hydrogen (secondary N) is 2. The summed E-state index contributed by atoms with van der Waals surface area (Å²) < 4.78 is 6.27. The first-order valence-corrected chi connectivity index (χ1v) is 11.1. The molecule has 0 saturated heterocycles. The Hall–Kier alpha value is -2.76. The third kappa shape index (κ3) is 5.65. The molecular weight excluding hydrogens is 466 g/mol. The number of hydrogen-bond acceptors (Lipinski definition) is 5. The number of nitriles is 1. The molecule has 1 aliphatic heterocycles. The molecule has 8 heteroatoms. The van der Waals surface area contributed by atoms with Gasteiger partial charge in [-0.1, -0.05) is 39.8 Å². The molecule has 0 fully saturated rings. The lowest BCUT2D eigenvalue weighted by molar-refractivity contribution is -0.121. The molecule has 3 rings (SSSR count). The molecule has 0 spiro atoms. The third-order valence-corrected chi connectivity index (χ3v) is 5.91. The molecule has 1 atom stereocenters. The molecule has 6 nitrogen and oxygen atoms in total. The highest BCUT2D eigenvalue weighted by atomic mass is 79.9. The summed E-state index contributed by atoms with van der Waals surface area (Å²) in [7, 11) is 0. The first-order chi connectivity index (χ1) is 14.5. The number of thioether (sulfide) groups is 1. The van der Waals surface area contributed by atoms with Gasteiger partial charge in [-0.15, -0.1) is 0 Å². The fourth-order valence-corrected chi connectivity index (χ4v) is 4.37. The lowest BCUT2D eigenvalue weighted by Crippen LogP contribution is -2.31. The maximum atomic E-state index is 12.4. The van der Waals surface area contributed by atoms with E-state index >= 15 is 0 Å². The number of halogens is 1. The Morgan fingerprint density at radius 2 is 2.10 bits per heavy atom. The summed E-state index contributed by atoms with van der Waals surface area (Å²) >= 11 is 4.58. The van der Waals surface area contributed by atoms with E-state index in [4.69, 9.17) is 4.74 Å². The zero-order chi connectivity index (χ0) is 21.5. The van der Waals surface area contributed by atoms with Crippen molar-refractivity contribution in [2.45, 2.75) is 19.3 Å². The van der Waals surface area contributed by atoms with E-state index in [9.17, 15) is 14.9 Å². The van der Waals surface area contributed by atoms with Crippen molar-refractivity contribution in [1.82, 2.24) is 5.32 Å².